The topological polar surface area (TPSA) is 40.9 Å². The molecule has 2 nitrogen and oxygen atoms in total. The summed E-state index contributed by atoms with van der Waals surface area (Å²) < 4.78 is 18.1. The van der Waals surface area contributed by atoms with Crippen molar-refractivity contribution in [2.24, 2.45) is 5.41 Å². The molecule has 9 heavy (non-hydrogen) atoms. The molecule has 0 atom stereocenters. The Kier molecular flexibility index (Phi) is 0.849. The second kappa shape index (κ2) is 1.34. The minimum Gasteiger partial charge on any atom is -0.253 e. The van der Waals surface area contributed by atoms with Gasteiger partial charge >= 0.3 is 0 Å². The summed E-state index contributed by atoms with van der Waals surface area (Å²) in [5.74, 6) is 1.42. The summed E-state index contributed by atoms with van der Waals surface area (Å²) in [4.78, 5) is 0. The van der Waals surface area contributed by atoms with E-state index in [0.29, 0.717) is 16.9 Å². The quantitative estimate of drug-likeness (QED) is 0.547. The number of rotatable bonds is 0. The van der Waals surface area contributed by atoms with Crippen molar-refractivity contribution < 1.29 is 4.21 Å². The van der Waals surface area contributed by atoms with Gasteiger partial charge in [-0.1, -0.05) is 6.42 Å². The lowest BCUT2D eigenvalue weighted by Gasteiger charge is -2.49. The maximum Gasteiger partial charge on any atom is 0.0453 e. The monoisotopic (exact) mass is 145 g/mol. The fraction of sp³-hybridized carbons (Fsp3) is 1.00. The number of hydrogen-bond donors (Lipinski definition) is 1. The Morgan fingerprint density at radius 1 is 1.33 bits per heavy atom. The van der Waals surface area contributed by atoms with Crippen molar-refractivity contribution in [3.05, 3.63) is 0 Å². The van der Waals surface area contributed by atoms with Crippen LogP contribution in [0.4, 0.5) is 0 Å². The third-order valence-electron chi connectivity index (χ3n) is 2.49. The van der Waals surface area contributed by atoms with Gasteiger partial charge < -0.3 is 0 Å². The maximum atomic E-state index is 10.9. The fourth-order valence-electron chi connectivity index (χ4n) is 1.91. The standard InChI is InChI=1S/C6H11NOS/c7-9(8)4-6(5-9)2-1-3-6/h7H,1-5H2. The molecule has 52 valence electrons. The van der Waals surface area contributed by atoms with E-state index in [1.807, 2.05) is 0 Å². The Bertz CT molecular complexity index is 211. The molecule has 1 saturated heterocycles. The molecule has 1 aliphatic heterocycles. The van der Waals surface area contributed by atoms with E-state index in [9.17, 15) is 4.21 Å². The van der Waals surface area contributed by atoms with Crippen molar-refractivity contribution in [3.63, 3.8) is 0 Å². The molecule has 0 unspecified atom stereocenters. The van der Waals surface area contributed by atoms with Gasteiger partial charge in [0.2, 0.25) is 0 Å². The van der Waals surface area contributed by atoms with Crippen LogP contribution in [0.15, 0.2) is 0 Å². The van der Waals surface area contributed by atoms with Gasteiger partial charge in [0.05, 0.1) is 0 Å². The molecule has 3 heteroatoms. The lowest BCUT2D eigenvalue weighted by molar-refractivity contribution is 0.179. The van der Waals surface area contributed by atoms with Gasteiger partial charge in [-0.2, -0.15) is 0 Å². The zero-order chi connectivity index (χ0) is 6.54. The molecule has 0 bridgehead atoms. The molecule has 1 aliphatic carbocycles. The molecule has 1 saturated carbocycles. The average molecular weight is 145 g/mol. The molecule has 2 rings (SSSR count). The van der Waals surface area contributed by atoms with Crippen molar-refractivity contribution in [3.8, 4) is 0 Å². The predicted octanol–water partition coefficient (Wildman–Crippen LogP) is 1.22. The minimum atomic E-state index is -2.05. The average Bonchev–Trinajstić information content (AvgIpc) is 1.54. The van der Waals surface area contributed by atoms with E-state index in [0.717, 1.165) is 0 Å². The van der Waals surface area contributed by atoms with Crippen LogP contribution in [0.2, 0.25) is 0 Å². The van der Waals surface area contributed by atoms with Crippen LogP contribution in [0, 0.1) is 10.2 Å². The summed E-state index contributed by atoms with van der Waals surface area (Å²) in [6.45, 7) is 0. The molecule has 0 aromatic rings. The first-order chi connectivity index (χ1) is 4.12. The van der Waals surface area contributed by atoms with Crippen molar-refractivity contribution in [1.82, 2.24) is 0 Å². The summed E-state index contributed by atoms with van der Waals surface area (Å²) in [5.41, 5.74) is 0.416. The van der Waals surface area contributed by atoms with Crippen molar-refractivity contribution in [2.75, 3.05) is 11.5 Å². The van der Waals surface area contributed by atoms with Crippen LogP contribution < -0.4 is 0 Å². The van der Waals surface area contributed by atoms with Crippen LogP contribution in [0.1, 0.15) is 19.3 Å². The van der Waals surface area contributed by atoms with Gasteiger partial charge in [0.25, 0.3) is 0 Å². The third kappa shape index (κ3) is 0.707. The summed E-state index contributed by atoms with van der Waals surface area (Å²) in [5, 5.41) is 0. The first-order valence-electron chi connectivity index (χ1n) is 3.36. The molecule has 2 aliphatic rings. The molecule has 0 aromatic carbocycles. The van der Waals surface area contributed by atoms with Gasteiger partial charge in [-0.05, 0) is 18.3 Å². The Labute approximate surface area is 55.6 Å². The molecule has 0 amide bonds. The van der Waals surface area contributed by atoms with Crippen molar-refractivity contribution >= 4 is 9.73 Å². The van der Waals surface area contributed by atoms with Crippen LogP contribution >= 0.6 is 0 Å². The van der Waals surface area contributed by atoms with E-state index in [1.54, 1.807) is 0 Å². The highest BCUT2D eigenvalue weighted by molar-refractivity contribution is 7.93. The van der Waals surface area contributed by atoms with E-state index >= 15 is 0 Å². The van der Waals surface area contributed by atoms with Crippen molar-refractivity contribution in [2.45, 2.75) is 19.3 Å². The first-order valence-corrected chi connectivity index (χ1v) is 5.26. The Balaban J connectivity index is 2.12. The lowest BCUT2D eigenvalue weighted by Crippen LogP contribution is -2.52. The normalized spacial score (nSPS) is 35.1. The molecular formula is C6H11NOS. The van der Waals surface area contributed by atoms with E-state index in [-0.39, 0.29) is 0 Å². The van der Waals surface area contributed by atoms with Gasteiger partial charge in [-0.25, -0.2) is 4.21 Å². The number of hydrogen-bond acceptors (Lipinski definition) is 2. The lowest BCUT2D eigenvalue weighted by atomic mass is 9.71. The third-order valence-corrected chi connectivity index (χ3v) is 4.65. The molecule has 0 aromatic heterocycles. The predicted molar refractivity (Wildman–Crippen MR) is 36.9 cm³/mol. The SMILES string of the molecule is N=S1(=O)CC2(CCC2)C1. The van der Waals surface area contributed by atoms with Gasteiger partial charge in [-0.3, -0.25) is 4.78 Å². The van der Waals surface area contributed by atoms with Crippen LogP contribution in [0.5, 0.6) is 0 Å². The highest BCUT2D eigenvalue weighted by Crippen LogP contribution is 2.49. The fourth-order valence-corrected chi connectivity index (χ4v) is 4.38. The smallest absolute Gasteiger partial charge is 0.0453 e. The number of nitrogens with one attached hydrogen (secondary N) is 1. The first kappa shape index (κ1) is 5.71. The second-order valence-electron chi connectivity index (χ2n) is 3.45. The maximum absolute atomic E-state index is 10.9. The van der Waals surface area contributed by atoms with Gasteiger partial charge in [0, 0.05) is 21.2 Å². The zero-order valence-electron chi connectivity index (χ0n) is 5.35. The summed E-state index contributed by atoms with van der Waals surface area (Å²) in [6.07, 6.45) is 3.78. The summed E-state index contributed by atoms with van der Waals surface area (Å²) >= 11 is 0. The molecular weight excluding hydrogens is 134 g/mol. The highest BCUT2D eigenvalue weighted by Gasteiger charge is 2.49. The van der Waals surface area contributed by atoms with Crippen LogP contribution in [0.25, 0.3) is 0 Å². The van der Waals surface area contributed by atoms with Gasteiger partial charge in [0.1, 0.15) is 0 Å². The molecule has 1 spiro atoms. The largest absolute Gasteiger partial charge is 0.253 e. The molecule has 2 fully saturated rings. The molecule has 1 N–H and O–H groups in total. The van der Waals surface area contributed by atoms with E-state index in [1.165, 1.54) is 19.3 Å². The van der Waals surface area contributed by atoms with Crippen LogP contribution in [-0.4, -0.2) is 15.7 Å². The van der Waals surface area contributed by atoms with Crippen molar-refractivity contribution in [1.29, 1.82) is 4.78 Å². The van der Waals surface area contributed by atoms with Gasteiger partial charge in [-0.15, -0.1) is 0 Å². The van der Waals surface area contributed by atoms with E-state index in [2.05, 4.69) is 0 Å². The summed E-state index contributed by atoms with van der Waals surface area (Å²) in [7, 11) is -2.05. The minimum absolute atomic E-state index is 0.416. The summed E-state index contributed by atoms with van der Waals surface area (Å²) in [6, 6.07) is 0. The van der Waals surface area contributed by atoms with Crippen LogP contribution in [0.3, 0.4) is 0 Å². The Hall–Kier alpha value is -0.0500. The highest BCUT2D eigenvalue weighted by atomic mass is 32.2. The Morgan fingerprint density at radius 2 is 1.89 bits per heavy atom. The zero-order valence-corrected chi connectivity index (χ0v) is 6.17. The Morgan fingerprint density at radius 3 is 2.00 bits per heavy atom. The second-order valence-corrected chi connectivity index (χ2v) is 5.66. The van der Waals surface area contributed by atoms with Crippen LogP contribution in [-0.2, 0) is 9.73 Å². The molecule has 1 heterocycles. The van der Waals surface area contributed by atoms with E-state index < -0.39 is 9.73 Å². The van der Waals surface area contributed by atoms with E-state index in [4.69, 9.17) is 4.78 Å². The van der Waals surface area contributed by atoms with Gasteiger partial charge in [0.15, 0.2) is 0 Å². The molecule has 0 radical (unpaired) electrons.